The van der Waals surface area contributed by atoms with E-state index in [0.717, 1.165) is 5.56 Å². The highest BCUT2D eigenvalue weighted by Crippen LogP contribution is 2.45. The second-order valence-electron chi connectivity index (χ2n) is 7.55. The van der Waals surface area contributed by atoms with Crippen molar-refractivity contribution in [1.82, 2.24) is 4.90 Å². The Morgan fingerprint density at radius 2 is 2.00 bits per heavy atom. The van der Waals surface area contributed by atoms with Crippen LogP contribution in [0.15, 0.2) is 24.5 Å². The van der Waals surface area contributed by atoms with Crippen molar-refractivity contribution in [3.63, 3.8) is 0 Å². The SMILES string of the molecule is CC[C@]1(C(=O)O)CN(C(=O)OC(C)(C)C)CC[C@@H]1c1cc[n+]([O-])cc1. The number of carbonyl (C=O) groups excluding carboxylic acids is 1. The molecular formula is C18H26N2O5. The van der Waals surface area contributed by atoms with Gasteiger partial charge in [-0.25, -0.2) is 4.79 Å². The number of nitrogens with zero attached hydrogens (tertiary/aromatic N) is 2. The van der Waals surface area contributed by atoms with Gasteiger partial charge >= 0.3 is 12.1 Å². The van der Waals surface area contributed by atoms with E-state index in [1.807, 2.05) is 6.92 Å². The summed E-state index contributed by atoms with van der Waals surface area (Å²) in [7, 11) is 0. The zero-order chi connectivity index (χ0) is 18.8. The lowest BCUT2D eigenvalue weighted by Crippen LogP contribution is -2.54. The average molecular weight is 350 g/mol. The Morgan fingerprint density at radius 3 is 2.48 bits per heavy atom. The maximum absolute atomic E-state index is 12.4. The van der Waals surface area contributed by atoms with Gasteiger partial charge in [-0.05, 0) is 39.2 Å². The topological polar surface area (TPSA) is 93.8 Å². The molecule has 25 heavy (non-hydrogen) atoms. The number of carboxylic acids is 1. The number of ether oxygens (including phenoxy) is 1. The molecule has 1 aliphatic heterocycles. The van der Waals surface area contributed by atoms with Crippen molar-refractivity contribution < 1.29 is 24.2 Å². The number of carbonyl (C=O) groups is 2. The predicted octanol–water partition coefficient (Wildman–Crippen LogP) is 2.53. The van der Waals surface area contributed by atoms with Crippen molar-refractivity contribution in [1.29, 1.82) is 0 Å². The number of pyridine rings is 1. The van der Waals surface area contributed by atoms with E-state index in [1.54, 1.807) is 32.9 Å². The van der Waals surface area contributed by atoms with E-state index >= 15 is 0 Å². The first-order chi connectivity index (χ1) is 11.6. The van der Waals surface area contributed by atoms with Crippen LogP contribution in [0.3, 0.4) is 0 Å². The fraction of sp³-hybridized carbons (Fsp3) is 0.611. The molecule has 0 spiro atoms. The Morgan fingerprint density at radius 1 is 1.40 bits per heavy atom. The minimum atomic E-state index is -1.11. The molecule has 138 valence electrons. The molecule has 1 aromatic rings. The summed E-state index contributed by atoms with van der Waals surface area (Å²) in [5, 5.41) is 21.2. The van der Waals surface area contributed by atoms with Crippen LogP contribution in [0.1, 0.15) is 52.0 Å². The third kappa shape index (κ3) is 4.03. The van der Waals surface area contributed by atoms with Gasteiger partial charge in [-0.1, -0.05) is 6.92 Å². The number of hydrogen-bond acceptors (Lipinski definition) is 4. The number of hydrogen-bond donors (Lipinski definition) is 1. The van der Waals surface area contributed by atoms with E-state index in [2.05, 4.69) is 0 Å². The number of aliphatic carboxylic acids is 1. The Balaban J connectivity index is 2.31. The number of rotatable bonds is 3. The van der Waals surface area contributed by atoms with Gasteiger partial charge in [-0.3, -0.25) is 4.79 Å². The first-order valence-corrected chi connectivity index (χ1v) is 8.49. The quantitative estimate of drug-likeness (QED) is 0.668. The summed E-state index contributed by atoms with van der Waals surface area (Å²) < 4.78 is 6.08. The van der Waals surface area contributed by atoms with Crippen LogP contribution in [0.4, 0.5) is 4.79 Å². The zero-order valence-electron chi connectivity index (χ0n) is 15.2. The monoisotopic (exact) mass is 350 g/mol. The van der Waals surface area contributed by atoms with Gasteiger partial charge in [0.1, 0.15) is 5.60 Å². The normalized spacial score (nSPS) is 24.0. The number of amides is 1. The van der Waals surface area contributed by atoms with E-state index in [-0.39, 0.29) is 12.5 Å². The molecule has 0 unspecified atom stereocenters. The first-order valence-electron chi connectivity index (χ1n) is 8.49. The molecule has 2 atom stereocenters. The second kappa shape index (κ2) is 6.90. The van der Waals surface area contributed by atoms with Crippen LogP contribution in [0, 0.1) is 10.6 Å². The second-order valence-corrected chi connectivity index (χ2v) is 7.55. The Bertz CT molecular complexity index is 638. The van der Waals surface area contributed by atoms with Crippen LogP contribution in [0.5, 0.6) is 0 Å². The van der Waals surface area contributed by atoms with Gasteiger partial charge in [0, 0.05) is 31.1 Å². The molecule has 2 rings (SSSR count). The molecular weight excluding hydrogens is 324 g/mol. The molecule has 7 nitrogen and oxygen atoms in total. The van der Waals surface area contributed by atoms with Crippen molar-refractivity contribution in [3.8, 4) is 0 Å². The van der Waals surface area contributed by atoms with E-state index in [4.69, 9.17) is 4.74 Å². The summed E-state index contributed by atoms with van der Waals surface area (Å²) >= 11 is 0. The highest BCUT2D eigenvalue weighted by molar-refractivity contribution is 5.78. The van der Waals surface area contributed by atoms with Gasteiger partial charge in [0.2, 0.25) is 0 Å². The van der Waals surface area contributed by atoms with E-state index in [0.29, 0.717) is 24.1 Å². The lowest BCUT2D eigenvalue weighted by molar-refractivity contribution is -0.605. The number of piperidine rings is 1. The van der Waals surface area contributed by atoms with Crippen molar-refractivity contribution in [2.45, 2.75) is 52.1 Å². The lowest BCUT2D eigenvalue weighted by atomic mass is 9.66. The van der Waals surface area contributed by atoms with Gasteiger partial charge in [-0.15, -0.1) is 0 Å². The highest BCUT2D eigenvalue weighted by atomic mass is 16.6. The molecule has 1 saturated heterocycles. The first kappa shape index (κ1) is 19.0. The molecule has 1 fully saturated rings. The van der Waals surface area contributed by atoms with Crippen molar-refractivity contribution in [3.05, 3.63) is 35.3 Å². The largest absolute Gasteiger partial charge is 0.619 e. The fourth-order valence-electron chi connectivity index (χ4n) is 3.44. The van der Waals surface area contributed by atoms with Gasteiger partial charge in [0.05, 0.1) is 5.41 Å². The molecule has 1 aliphatic rings. The zero-order valence-corrected chi connectivity index (χ0v) is 15.2. The van der Waals surface area contributed by atoms with Crippen LogP contribution in [-0.4, -0.2) is 40.8 Å². The molecule has 7 heteroatoms. The van der Waals surface area contributed by atoms with E-state index in [9.17, 15) is 19.9 Å². The Hall–Kier alpha value is -2.31. The van der Waals surface area contributed by atoms with Gasteiger partial charge < -0.3 is 20.0 Å². The van der Waals surface area contributed by atoms with E-state index < -0.39 is 23.1 Å². The van der Waals surface area contributed by atoms with E-state index in [1.165, 1.54) is 17.3 Å². The summed E-state index contributed by atoms with van der Waals surface area (Å²) in [6.45, 7) is 7.67. The lowest BCUT2D eigenvalue weighted by Gasteiger charge is -2.45. The number of carboxylic acid groups (broad SMARTS) is 1. The van der Waals surface area contributed by atoms with Gasteiger partial charge in [-0.2, -0.15) is 4.73 Å². The minimum Gasteiger partial charge on any atom is -0.619 e. The molecule has 1 N–H and O–H groups in total. The maximum atomic E-state index is 12.4. The molecule has 0 saturated carbocycles. The van der Waals surface area contributed by atoms with Crippen molar-refractivity contribution >= 4 is 12.1 Å². The van der Waals surface area contributed by atoms with Crippen LogP contribution in [0.25, 0.3) is 0 Å². The van der Waals surface area contributed by atoms with Crippen LogP contribution in [-0.2, 0) is 9.53 Å². The summed E-state index contributed by atoms with van der Waals surface area (Å²) in [4.78, 5) is 26.0. The summed E-state index contributed by atoms with van der Waals surface area (Å²) in [6.07, 6.45) is 3.13. The highest BCUT2D eigenvalue weighted by Gasteiger charge is 2.50. The molecule has 0 aliphatic carbocycles. The number of likely N-dealkylation sites (tertiary alicyclic amines) is 1. The van der Waals surface area contributed by atoms with Gasteiger partial charge in [0.15, 0.2) is 12.4 Å². The van der Waals surface area contributed by atoms with Crippen LogP contribution in [0.2, 0.25) is 0 Å². The summed E-state index contributed by atoms with van der Waals surface area (Å²) in [6, 6.07) is 3.32. The smallest absolute Gasteiger partial charge is 0.410 e. The summed E-state index contributed by atoms with van der Waals surface area (Å²) in [5.41, 5.74) is -0.933. The molecule has 1 amide bonds. The van der Waals surface area contributed by atoms with Gasteiger partial charge in [0.25, 0.3) is 0 Å². The fourth-order valence-corrected chi connectivity index (χ4v) is 3.44. The summed E-state index contributed by atoms with van der Waals surface area (Å²) in [5.74, 6) is -1.21. The molecule has 1 aromatic heterocycles. The van der Waals surface area contributed by atoms with Crippen LogP contribution >= 0.6 is 0 Å². The minimum absolute atomic E-state index is 0.0880. The molecule has 0 aromatic carbocycles. The maximum Gasteiger partial charge on any atom is 0.410 e. The molecule has 0 bridgehead atoms. The molecule has 0 radical (unpaired) electrons. The average Bonchev–Trinajstić information content (AvgIpc) is 2.53. The third-order valence-corrected chi connectivity index (χ3v) is 4.77. The Labute approximate surface area is 147 Å². The predicted molar refractivity (Wildman–Crippen MR) is 90.9 cm³/mol. The molecule has 2 heterocycles. The van der Waals surface area contributed by atoms with Crippen molar-refractivity contribution in [2.75, 3.05) is 13.1 Å². The third-order valence-electron chi connectivity index (χ3n) is 4.77. The number of aromatic nitrogens is 1. The Kier molecular flexibility index (Phi) is 5.25. The standard InChI is InChI=1S/C18H26N2O5/c1-5-18(15(21)22)12-19(16(23)25-17(2,3)4)9-8-14(18)13-6-10-20(24)11-7-13/h6-7,10-11,14H,5,8-9,12H2,1-4H3,(H,21,22)/t14-,18+/m1/s1. The van der Waals surface area contributed by atoms with Crippen molar-refractivity contribution in [2.24, 2.45) is 5.41 Å². The van der Waals surface area contributed by atoms with Crippen LogP contribution < -0.4 is 4.73 Å².